The number of fused-ring (bicyclic) bond motifs is 1. The summed E-state index contributed by atoms with van der Waals surface area (Å²) in [6.07, 6.45) is 0.927. The maximum atomic E-state index is 5.44. The van der Waals surface area contributed by atoms with Crippen LogP contribution in [0.15, 0.2) is 24.3 Å². The first-order valence-electron chi connectivity index (χ1n) is 5.11. The van der Waals surface area contributed by atoms with E-state index < -0.39 is 0 Å². The highest BCUT2D eigenvalue weighted by Crippen LogP contribution is 2.21. The van der Waals surface area contributed by atoms with Crippen LogP contribution >= 0.6 is 0 Å². The number of nitrogens with two attached hydrogens (primary N) is 1. The van der Waals surface area contributed by atoms with Crippen molar-refractivity contribution >= 4 is 16.7 Å². The molecule has 2 aromatic rings. The fraction of sp³-hybridized carbons (Fsp3) is 0.250. The molecule has 0 spiro atoms. The van der Waals surface area contributed by atoms with Crippen LogP contribution in [0.1, 0.15) is 18.1 Å². The second kappa shape index (κ2) is 3.87. The molecule has 0 bridgehead atoms. The first kappa shape index (κ1) is 9.93. The molecular weight excluding hydrogens is 186 g/mol. The van der Waals surface area contributed by atoms with E-state index in [1.54, 1.807) is 0 Å². The Balaban J connectivity index is 2.69. The van der Waals surface area contributed by atoms with Gasteiger partial charge in [0, 0.05) is 5.39 Å². The van der Waals surface area contributed by atoms with Crippen LogP contribution in [-0.2, 0) is 6.42 Å². The molecule has 0 fully saturated rings. The smallest absolute Gasteiger partial charge is 0.143 e. The van der Waals surface area contributed by atoms with Gasteiger partial charge in [-0.1, -0.05) is 19.1 Å². The minimum absolute atomic E-state index is 0.774. The van der Waals surface area contributed by atoms with E-state index in [1.807, 2.05) is 0 Å². The van der Waals surface area contributed by atoms with E-state index in [1.165, 1.54) is 5.56 Å². The molecule has 0 atom stereocenters. The van der Waals surface area contributed by atoms with E-state index in [4.69, 9.17) is 5.84 Å². The second-order valence-electron chi connectivity index (χ2n) is 3.69. The minimum atomic E-state index is 0.774. The Morgan fingerprint density at radius 1 is 1.33 bits per heavy atom. The molecule has 0 saturated carbocycles. The number of benzene rings is 1. The average Bonchev–Trinajstić information content (AvgIpc) is 2.27. The lowest BCUT2D eigenvalue weighted by molar-refractivity contribution is 1.10. The lowest BCUT2D eigenvalue weighted by Gasteiger charge is -2.08. The molecule has 1 aromatic heterocycles. The quantitative estimate of drug-likeness (QED) is 0.579. The molecule has 3 nitrogen and oxygen atoms in total. The normalized spacial score (nSPS) is 10.6. The van der Waals surface area contributed by atoms with Crippen LogP contribution < -0.4 is 11.3 Å². The molecular formula is C12H15N3. The number of hydrazine groups is 1. The van der Waals surface area contributed by atoms with Gasteiger partial charge in [-0.25, -0.2) is 10.8 Å². The van der Waals surface area contributed by atoms with E-state index in [0.717, 1.165) is 28.7 Å². The Hall–Kier alpha value is -1.61. The van der Waals surface area contributed by atoms with E-state index in [0.29, 0.717) is 0 Å². The van der Waals surface area contributed by atoms with Crippen molar-refractivity contribution in [3.63, 3.8) is 0 Å². The Kier molecular flexibility index (Phi) is 2.56. The highest BCUT2D eigenvalue weighted by Gasteiger charge is 2.03. The summed E-state index contributed by atoms with van der Waals surface area (Å²) in [7, 11) is 0. The van der Waals surface area contributed by atoms with Gasteiger partial charge in [0.05, 0.1) is 5.52 Å². The molecule has 0 aliphatic rings. The Bertz CT molecular complexity index is 491. The Morgan fingerprint density at radius 3 is 2.80 bits per heavy atom. The topological polar surface area (TPSA) is 50.9 Å². The number of anilines is 1. The Morgan fingerprint density at radius 2 is 2.13 bits per heavy atom. The number of aryl methyl sites for hydroxylation is 2. The van der Waals surface area contributed by atoms with E-state index in [9.17, 15) is 0 Å². The molecule has 1 heterocycles. The lowest BCUT2D eigenvalue weighted by atomic mass is 10.1. The number of hydrogen-bond acceptors (Lipinski definition) is 3. The zero-order valence-electron chi connectivity index (χ0n) is 9.04. The number of rotatable bonds is 2. The van der Waals surface area contributed by atoms with Gasteiger partial charge in [0.2, 0.25) is 0 Å². The van der Waals surface area contributed by atoms with Crippen molar-refractivity contribution in [1.29, 1.82) is 0 Å². The molecule has 0 aliphatic carbocycles. The van der Waals surface area contributed by atoms with Crippen molar-refractivity contribution in [1.82, 2.24) is 4.98 Å². The lowest BCUT2D eigenvalue weighted by Crippen LogP contribution is -2.11. The van der Waals surface area contributed by atoms with E-state index in [2.05, 4.69) is 48.5 Å². The van der Waals surface area contributed by atoms with Gasteiger partial charge in [-0.15, -0.1) is 0 Å². The van der Waals surface area contributed by atoms with Crippen molar-refractivity contribution in [2.24, 2.45) is 5.84 Å². The summed E-state index contributed by atoms with van der Waals surface area (Å²) in [4.78, 5) is 4.49. The molecule has 3 N–H and O–H groups in total. The van der Waals surface area contributed by atoms with Crippen LogP contribution in [0, 0.1) is 6.92 Å². The maximum Gasteiger partial charge on any atom is 0.143 e. The summed E-state index contributed by atoms with van der Waals surface area (Å²) in [5.41, 5.74) is 5.99. The summed E-state index contributed by atoms with van der Waals surface area (Å²) in [6.45, 7) is 4.16. The summed E-state index contributed by atoms with van der Waals surface area (Å²) >= 11 is 0. The molecule has 0 saturated heterocycles. The van der Waals surface area contributed by atoms with Gasteiger partial charge in [0.25, 0.3) is 0 Å². The van der Waals surface area contributed by atoms with Gasteiger partial charge in [0.1, 0.15) is 5.82 Å². The van der Waals surface area contributed by atoms with E-state index >= 15 is 0 Å². The summed E-state index contributed by atoms with van der Waals surface area (Å²) in [6, 6.07) is 8.39. The minimum Gasteiger partial charge on any atom is -0.308 e. The first-order valence-corrected chi connectivity index (χ1v) is 5.11. The zero-order valence-corrected chi connectivity index (χ0v) is 9.04. The van der Waals surface area contributed by atoms with Crippen LogP contribution in [0.3, 0.4) is 0 Å². The van der Waals surface area contributed by atoms with Gasteiger partial charge < -0.3 is 5.43 Å². The molecule has 3 heteroatoms. The molecule has 0 unspecified atom stereocenters. The van der Waals surface area contributed by atoms with Crippen molar-refractivity contribution in [2.45, 2.75) is 20.3 Å². The Labute approximate surface area is 89.3 Å². The summed E-state index contributed by atoms with van der Waals surface area (Å²) < 4.78 is 0. The van der Waals surface area contributed by atoms with Crippen molar-refractivity contribution in [3.8, 4) is 0 Å². The molecule has 2 rings (SSSR count). The van der Waals surface area contributed by atoms with Gasteiger partial charge in [-0.3, -0.25) is 0 Å². The summed E-state index contributed by atoms with van der Waals surface area (Å²) in [5, 5.41) is 1.16. The number of nitrogens with zero attached hydrogens (tertiary/aromatic N) is 1. The highest BCUT2D eigenvalue weighted by atomic mass is 15.2. The largest absolute Gasteiger partial charge is 0.308 e. The van der Waals surface area contributed by atoms with Gasteiger partial charge >= 0.3 is 0 Å². The van der Waals surface area contributed by atoms with Crippen molar-refractivity contribution < 1.29 is 0 Å². The highest BCUT2D eigenvalue weighted by molar-refractivity contribution is 5.82. The van der Waals surface area contributed by atoms with Crippen LogP contribution in [-0.4, -0.2) is 4.98 Å². The fourth-order valence-corrected chi connectivity index (χ4v) is 1.72. The monoisotopic (exact) mass is 201 g/mol. The standard InChI is InChI=1S/C12H15N3/c1-3-9-7-10-5-4-8(2)6-11(10)14-12(9)15-13/h4-7H,3,13H2,1-2H3,(H,14,15). The van der Waals surface area contributed by atoms with Crippen LogP contribution in [0.5, 0.6) is 0 Å². The average molecular weight is 201 g/mol. The predicted octanol–water partition coefficient (Wildman–Crippen LogP) is 2.39. The molecule has 1 aromatic carbocycles. The molecule has 78 valence electrons. The predicted molar refractivity (Wildman–Crippen MR) is 63.7 cm³/mol. The van der Waals surface area contributed by atoms with Crippen molar-refractivity contribution in [3.05, 3.63) is 35.4 Å². The van der Waals surface area contributed by atoms with Crippen molar-refractivity contribution in [2.75, 3.05) is 5.43 Å². The number of hydrogen-bond donors (Lipinski definition) is 2. The van der Waals surface area contributed by atoms with Gasteiger partial charge in [-0.2, -0.15) is 0 Å². The third kappa shape index (κ3) is 1.78. The number of nitrogens with one attached hydrogen (secondary N) is 1. The second-order valence-corrected chi connectivity index (χ2v) is 3.69. The SMILES string of the molecule is CCc1cc2ccc(C)cc2nc1NN. The van der Waals surface area contributed by atoms with Gasteiger partial charge in [-0.05, 0) is 36.6 Å². The van der Waals surface area contributed by atoms with Crippen LogP contribution in [0.25, 0.3) is 10.9 Å². The summed E-state index contributed by atoms with van der Waals surface area (Å²) in [5.74, 6) is 6.22. The first-order chi connectivity index (χ1) is 7.24. The molecule has 0 aliphatic heterocycles. The zero-order chi connectivity index (χ0) is 10.8. The molecule has 15 heavy (non-hydrogen) atoms. The number of pyridine rings is 1. The molecule has 0 amide bonds. The third-order valence-corrected chi connectivity index (χ3v) is 2.57. The number of aromatic nitrogens is 1. The van der Waals surface area contributed by atoms with Crippen LogP contribution in [0.4, 0.5) is 5.82 Å². The maximum absolute atomic E-state index is 5.44. The van der Waals surface area contributed by atoms with Gasteiger partial charge in [0.15, 0.2) is 0 Å². The molecule has 0 radical (unpaired) electrons. The van der Waals surface area contributed by atoms with E-state index in [-0.39, 0.29) is 0 Å². The number of nitrogen functional groups attached to an aromatic ring is 1. The third-order valence-electron chi connectivity index (χ3n) is 2.57. The van der Waals surface area contributed by atoms with Crippen LogP contribution in [0.2, 0.25) is 0 Å². The fourth-order valence-electron chi connectivity index (χ4n) is 1.72.